The van der Waals surface area contributed by atoms with Crippen LogP contribution >= 0.6 is 0 Å². The molecular weight excluding hydrogens is 520 g/mol. The average molecular weight is 559 g/mol. The quantitative estimate of drug-likeness (QED) is 0.183. The maximum atomic E-state index is 13.7. The number of para-hydroxylation sites is 2. The Morgan fingerprint density at radius 1 is 0.929 bits per heavy atom. The number of benzene rings is 4. The molecular formula is C36H38N4O2. The van der Waals surface area contributed by atoms with E-state index in [1.54, 1.807) is 0 Å². The molecule has 0 bridgehead atoms. The first-order valence-electron chi connectivity index (χ1n) is 14.9. The number of amides is 1. The summed E-state index contributed by atoms with van der Waals surface area (Å²) in [5.74, 6) is 0.640. The predicted molar refractivity (Wildman–Crippen MR) is 169 cm³/mol. The zero-order valence-electron chi connectivity index (χ0n) is 24.2. The number of aromatic amines is 1. The lowest BCUT2D eigenvalue weighted by atomic mass is 9.81. The highest BCUT2D eigenvalue weighted by Gasteiger charge is 2.28. The number of H-pyrrole nitrogens is 1. The van der Waals surface area contributed by atoms with Crippen molar-refractivity contribution in [2.75, 3.05) is 18.5 Å². The minimum atomic E-state index is -0.257. The number of anilines is 1. The van der Waals surface area contributed by atoms with Gasteiger partial charge in [0.1, 0.15) is 5.82 Å². The number of nitrogens with zero attached hydrogens (tertiary/aromatic N) is 1. The van der Waals surface area contributed by atoms with Crippen LogP contribution in [0.25, 0.3) is 11.0 Å². The van der Waals surface area contributed by atoms with Crippen molar-refractivity contribution in [1.29, 1.82) is 0 Å². The second-order valence-corrected chi connectivity index (χ2v) is 11.3. The minimum absolute atomic E-state index is 0.0136. The molecule has 6 heteroatoms. The third kappa shape index (κ3) is 6.15. The van der Waals surface area contributed by atoms with Crippen LogP contribution in [0.3, 0.4) is 0 Å². The summed E-state index contributed by atoms with van der Waals surface area (Å²) in [4.78, 5) is 21.9. The monoisotopic (exact) mass is 558 g/mol. The number of hydrogen-bond acceptors (Lipinski definition) is 4. The number of morpholine rings is 1. The van der Waals surface area contributed by atoms with Crippen LogP contribution in [0.2, 0.25) is 0 Å². The van der Waals surface area contributed by atoms with E-state index in [9.17, 15) is 4.79 Å². The number of aromatic nitrogens is 2. The molecule has 0 spiro atoms. The van der Waals surface area contributed by atoms with Gasteiger partial charge in [-0.1, -0.05) is 97.9 Å². The first-order chi connectivity index (χ1) is 20.6. The second-order valence-electron chi connectivity index (χ2n) is 11.3. The van der Waals surface area contributed by atoms with Crippen molar-refractivity contribution in [3.8, 4) is 0 Å². The Kier molecular flexibility index (Phi) is 8.45. The normalized spacial score (nSPS) is 17.8. The van der Waals surface area contributed by atoms with Gasteiger partial charge in [0.2, 0.25) is 5.91 Å². The molecule has 1 fully saturated rings. The largest absolute Gasteiger partial charge is 0.375 e. The summed E-state index contributed by atoms with van der Waals surface area (Å²) in [6, 6.07) is 34.9. The van der Waals surface area contributed by atoms with Crippen molar-refractivity contribution >= 4 is 22.6 Å². The molecule has 3 atom stereocenters. The van der Waals surface area contributed by atoms with Crippen molar-refractivity contribution in [3.05, 3.63) is 131 Å². The summed E-state index contributed by atoms with van der Waals surface area (Å²) >= 11 is 0. The summed E-state index contributed by atoms with van der Waals surface area (Å²) in [5.41, 5.74) is 7.50. The molecule has 0 radical (unpaired) electrons. The fraction of sp³-hybridized carbons (Fsp3) is 0.278. The van der Waals surface area contributed by atoms with Gasteiger partial charge < -0.3 is 20.4 Å². The molecule has 2 heterocycles. The van der Waals surface area contributed by atoms with Gasteiger partial charge in [0.25, 0.3) is 0 Å². The first-order valence-corrected chi connectivity index (χ1v) is 14.9. The Morgan fingerprint density at radius 3 is 2.29 bits per heavy atom. The summed E-state index contributed by atoms with van der Waals surface area (Å²) < 4.78 is 6.27. The molecule has 1 unspecified atom stereocenters. The van der Waals surface area contributed by atoms with Crippen molar-refractivity contribution in [2.45, 2.75) is 44.8 Å². The van der Waals surface area contributed by atoms with Gasteiger partial charge in [0, 0.05) is 24.1 Å². The lowest BCUT2D eigenvalue weighted by Gasteiger charge is -2.29. The Bertz CT molecular complexity index is 1590. The van der Waals surface area contributed by atoms with Crippen LogP contribution in [-0.2, 0) is 16.0 Å². The van der Waals surface area contributed by atoms with Crippen LogP contribution in [0, 0.1) is 12.8 Å². The molecule has 1 amide bonds. The van der Waals surface area contributed by atoms with Crippen LogP contribution in [0.15, 0.2) is 103 Å². The lowest BCUT2D eigenvalue weighted by molar-refractivity contribution is -0.119. The van der Waals surface area contributed by atoms with E-state index >= 15 is 0 Å². The van der Waals surface area contributed by atoms with Crippen molar-refractivity contribution in [1.82, 2.24) is 15.3 Å². The molecule has 42 heavy (non-hydrogen) atoms. The van der Waals surface area contributed by atoms with E-state index in [4.69, 9.17) is 9.72 Å². The number of hydrogen-bond donors (Lipinski definition) is 3. The van der Waals surface area contributed by atoms with Gasteiger partial charge in [-0.05, 0) is 54.2 Å². The highest BCUT2D eigenvalue weighted by Crippen LogP contribution is 2.33. The van der Waals surface area contributed by atoms with E-state index in [1.807, 2.05) is 67.6 Å². The van der Waals surface area contributed by atoms with Crippen molar-refractivity contribution < 1.29 is 9.53 Å². The molecule has 6 rings (SSSR count). The average Bonchev–Trinajstić information content (AvgIpc) is 3.48. The Morgan fingerprint density at radius 2 is 1.62 bits per heavy atom. The topological polar surface area (TPSA) is 79.0 Å². The number of fused-ring (bicyclic) bond motifs is 1. The molecule has 3 N–H and O–H groups in total. The number of imidazole rings is 1. The zero-order valence-corrected chi connectivity index (χ0v) is 24.2. The van der Waals surface area contributed by atoms with Crippen LogP contribution in [0.4, 0.5) is 5.69 Å². The molecule has 214 valence electrons. The number of rotatable bonds is 9. The first kappa shape index (κ1) is 27.9. The van der Waals surface area contributed by atoms with Crippen molar-refractivity contribution in [2.24, 2.45) is 5.92 Å². The number of aryl methyl sites for hydroxylation is 2. The Hall–Kier alpha value is -4.26. The summed E-state index contributed by atoms with van der Waals surface area (Å²) in [7, 11) is 0. The summed E-state index contributed by atoms with van der Waals surface area (Å²) in [6.45, 7) is 5.42. The SMILES string of the molecule is Cc1cccc2[nH]c([C@@H]3CO[C@H](CCc4ccccc4NC(=O)C(C)C(c4ccccc4)c4ccccc4)CN3)nc12. The van der Waals surface area contributed by atoms with Gasteiger partial charge in [0.15, 0.2) is 0 Å². The Balaban J connectivity index is 1.08. The third-order valence-corrected chi connectivity index (χ3v) is 8.40. The van der Waals surface area contributed by atoms with Gasteiger partial charge in [-0.2, -0.15) is 0 Å². The molecule has 0 saturated carbocycles. The van der Waals surface area contributed by atoms with Crippen LogP contribution in [0.1, 0.15) is 53.4 Å². The number of carbonyl (C=O) groups excluding carboxylic acids is 1. The van der Waals surface area contributed by atoms with Gasteiger partial charge in [-0.3, -0.25) is 4.79 Å². The van der Waals surface area contributed by atoms with Crippen LogP contribution < -0.4 is 10.6 Å². The second kappa shape index (κ2) is 12.7. The fourth-order valence-electron chi connectivity index (χ4n) is 6.01. The molecule has 1 saturated heterocycles. The fourth-order valence-corrected chi connectivity index (χ4v) is 6.01. The van der Waals surface area contributed by atoms with E-state index in [-0.39, 0.29) is 29.9 Å². The number of nitrogens with one attached hydrogen (secondary N) is 3. The number of carbonyl (C=O) groups is 1. The highest BCUT2D eigenvalue weighted by molar-refractivity contribution is 5.94. The van der Waals surface area contributed by atoms with Gasteiger partial charge in [-0.25, -0.2) is 4.98 Å². The smallest absolute Gasteiger partial charge is 0.228 e. The molecule has 5 aromatic rings. The van der Waals surface area contributed by atoms with E-state index in [0.29, 0.717) is 6.61 Å². The summed E-state index contributed by atoms with van der Waals surface area (Å²) in [6.07, 6.45) is 1.76. The lowest BCUT2D eigenvalue weighted by Crippen LogP contribution is -2.41. The predicted octanol–water partition coefficient (Wildman–Crippen LogP) is 6.94. The molecule has 0 aliphatic carbocycles. The van der Waals surface area contributed by atoms with Crippen LogP contribution in [0.5, 0.6) is 0 Å². The standard InChI is InChI=1S/C36H38N4O2/c1-24-12-11-19-31-34(24)40-35(38-31)32-23-42-29(22-37-32)21-20-26-13-9-10-18-30(26)39-36(41)25(2)33(27-14-5-3-6-15-27)28-16-7-4-8-17-28/h3-19,25,29,32-33,37H,20-23H2,1-2H3,(H,38,40)(H,39,41)/t25?,29-,32+/m1/s1. The molecule has 1 aliphatic rings. The van der Waals surface area contributed by atoms with E-state index in [0.717, 1.165) is 58.6 Å². The third-order valence-electron chi connectivity index (χ3n) is 8.40. The molecule has 4 aromatic carbocycles. The van der Waals surface area contributed by atoms with E-state index in [1.165, 1.54) is 5.56 Å². The molecule has 1 aliphatic heterocycles. The Labute approximate surface area is 247 Å². The zero-order chi connectivity index (χ0) is 28.9. The van der Waals surface area contributed by atoms with Gasteiger partial charge in [-0.15, -0.1) is 0 Å². The van der Waals surface area contributed by atoms with Gasteiger partial charge in [0.05, 0.1) is 29.8 Å². The summed E-state index contributed by atoms with van der Waals surface area (Å²) in [5, 5.41) is 6.88. The van der Waals surface area contributed by atoms with Gasteiger partial charge >= 0.3 is 0 Å². The van der Waals surface area contributed by atoms with Crippen LogP contribution in [-0.4, -0.2) is 35.1 Å². The maximum absolute atomic E-state index is 13.7. The highest BCUT2D eigenvalue weighted by atomic mass is 16.5. The molecule has 6 nitrogen and oxygen atoms in total. The minimum Gasteiger partial charge on any atom is -0.375 e. The maximum Gasteiger partial charge on any atom is 0.228 e. The van der Waals surface area contributed by atoms with E-state index in [2.05, 4.69) is 65.0 Å². The van der Waals surface area contributed by atoms with Crippen molar-refractivity contribution in [3.63, 3.8) is 0 Å². The van der Waals surface area contributed by atoms with E-state index < -0.39 is 0 Å². The molecule has 1 aromatic heterocycles. The number of ether oxygens (including phenoxy) is 1.